The third-order valence-corrected chi connectivity index (χ3v) is 6.56. The van der Waals surface area contributed by atoms with Gasteiger partial charge in [-0.25, -0.2) is 0 Å². The Morgan fingerprint density at radius 3 is 2.47 bits per heavy atom. The first kappa shape index (κ1) is 27.0. The Kier molecular flexibility index (Phi) is 9.19. The number of hydrogen-bond donors (Lipinski definition) is 1. The summed E-state index contributed by atoms with van der Waals surface area (Å²) in [6, 6.07) is 24.7. The summed E-state index contributed by atoms with van der Waals surface area (Å²) in [6.45, 7) is 2.71. The zero-order chi connectivity index (χ0) is 26.9. The molecule has 1 amide bonds. The molecule has 1 heterocycles. The largest absolute Gasteiger partial charge is 0.395 e. The Bertz CT molecular complexity index is 1430. The predicted octanol–water partition coefficient (Wildman–Crippen LogP) is 4.68. The zero-order valence-electron chi connectivity index (χ0n) is 21.7. The van der Waals surface area contributed by atoms with Crippen molar-refractivity contribution < 1.29 is 14.6 Å². The first-order valence-electron chi connectivity index (χ1n) is 12.7. The van der Waals surface area contributed by atoms with Gasteiger partial charge in [0.25, 0.3) is 5.56 Å². The maximum atomic E-state index is 12.9. The van der Waals surface area contributed by atoms with Crippen LogP contribution in [0.5, 0.6) is 0 Å². The molecule has 0 spiro atoms. The van der Waals surface area contributed by atoms with Crippen LogP contribution >= 0.6 is 0 Å². The minimum Gasteiger partial charge on any atom is -0.395 e. The zero-order valence-corrected chi connectivity index (χ0v) is 21.7. The highest BCUT2D eigenvalue weighted by Crippen LogP contribution is 2.27. The average molecular weight is 512 g/mol. The standard InChI is InChI=1S/C31H33N3O4/c1-23(9-8-14-29(36)33(19-20-35)22-24-10-4-3-5-11-24)30(38-2)25-15-17-27(18-16-25)34-31(37)28-13-7-6-12-26(28)21-32-34/h3-13,15-18,21,23,30,35H,14,19-20,22H2,1-2H3/b9-8+/t23-,30+/m0/s1. The van der Waals surface area contributed by atoms with Gasteiger partial charge in [-0.2, -0.15) is 9.78 Å². The molecular weight excluding hydrogens is 478 g/mol. The van der Waals surface area contributed by atoms with Crippen LogP contribution in [0.2, 0.25) is 0 Å². The van der Waals surface area contributed by atoms with Gasteiger partial charge in [0.1, 0.15) is 0 Å². The summed E-state index contributed by atoms with van der Waals surface area (Å²) in [5.74, 6) is -0.0430. The molecule has 38 heavy (non-hydrogen) atoms. The Hall–Kier alpha value is -4.07. The van der Waals surface area contributed by atoms with E-state index in [1.807, 2.05) is 91.9 Å². The van der Waals surface area contributed by atoms with Crippen molar-refractivity contribution in [2.75, 3.05) is 20.3 Å². The monoisotopic (exact) mass is 511 g/mol. The molecule has 4 aromatic rings. The smallest absolute Gasteiger partial charge is 0.279 e. The second kappa shape index (κ2) is 12.9. The molecule has 0 fully saturated rings. The van der Waals surface area contributed by atoms with E-state index in [1.165, 1.54) is 4.68 Å². The maximum absolute atomic E-state index is 12.9. The molecule has 7 heteroatoms. The van der Waals surface area contributed by atoms with Crippen LogP contribution in [0.15, 0.2) is 102 Å². The van der Waals surface area contributed by atoms with Gasteiger partial charge < -0.3 is 14.7 Å². The van der Waals surface area contributed by atoms with E-state index in [0.29, 0.717) is 24.2 Å². The number of carbonyl (C=O) groups is 1. The Morgan fingerprint density at radius 1 is 1.05 bits per heavy atom. The molecule has 0 aliphatic rings. The summed E-state index contributed by atoms with van der Waals surface area (Å²) < 4.78 is 7.18. The number of rotatable bonds is 11. The molecule has 0 aliphatic heterocycles. The second-order valence-electron chi connectivity index (χ2n) is 9.21. The highest BCUT2D eigenvalue weighted by atomic mass is 16.5. The van der Waals surface area contributed by atoms with Crippen LogP contribution in [0.3, 0.4) is 0 Å². The molecule has 0 bridgehead atoms. The molecule has 7 nitrogen and oxygen atoms in total. The van der Waals surface area contributed by atoms with Crippen molar-refractivity contribution in [2.24, 2.45) is 5.92 Å². The van der Waals surface area contributed by atoms with E-state index >= 15 is 0 Å². The van der Waals surface area contributed by atoms with Gasteiger partial charge >= 0.3 is 0 Å². The summed E-state index contributed by atoms with van der Waals surface area (Å²) in [5, 5.41) is 15.2. The van der Waals surface area contributed by atoms with Gasteiger partial charge in [0.15, 0.2) is 0 Å². The molecule has 0 unspecified atom stereocenters. The third kappa shape index (κ3) is 6.43. The number of aliphatic hydroxyl groups is 1. The van der Waals surface area contributed by atoms with E-state index in [-0.39, 0.29) is 36.5 Å². The first-order valence-corrected chi connectivity index (χ1v) is 12.7. The lowest BCUT2D eigenvalue weighted by atomic mass is 9.96. The number of methoxy groups -OCH3 is 1. The van der Waals surface area contributed by atoms with E-state index in [1.54, 1.807) is 24.3 Å². The number of carbonyl (C=O) groups excluding carboxylic acids is 1. The number of aromatic nitrogens is 2. The molecule has 3 aromatic carbocycles. The Labute approximate surface area is 222 Å². The normalized spacial score (nSPS) is 13.0. The fourth-order valence-corrected chi connectivity index (χ4v) is 4.56. The average Bonchev–Trinajstić information content (AvgIpc) is 2.94. The van der Waals surface area contributed by atoms with Crippen LogP contribution in [0.1, 0.15) is 30.6 Å². The maximum Gasteiger partial charge on any atom is 0.279 e. The van der Waals surface area contributed by atoms with Gasteiger partial charge in [-0.15, -0.1) is 0 Å². The van der Waals surface area contributed by atoms with E-state index in [9.17, 15) is 14.7 Å². The molecule has 196 valence electrons. The van der Waals surface area contributed by atoms with Crippen molar-refractivity contribution in [1.82, 2.24) is 14.7 Å². The minimum absolute atomic E-state index is 0.000538. The fourth-order valence-electron chi connectivity index (χ4n) is 4.56. The number of ether oxygens (including phenoxy) is 1. The summed E-state index contributed by atoms with van der Waals surface area (Å²) >= 11 is 0. The second-order valence-corrected chi connectivity index (χ2v) is 9.21. The molecule has 1 aromatic heterocycles. The number of fused-ring (bicyclic) bond motifs is 1. The third-order valence-electron chi connectivity index (χ3n) is 6.56. The summed E-state index contributed by atoms with van der Waals surface area (Å²) in [5.41, 5.74) is 2.49. The summed E-state index contributed by atoms with van der Waals surface area (Å²) in [4.78, 5) is 27.4. The molecule has 2 atom stereocenters. The molecule has 0 saturated carbocycles. The lowest BCUT2D eigenvalue weighted by molar-refractivity contribution is -0.131. The lowest BCUT2D eigenvalue weighted by Crippen LogP contribution is -2.32. The molecule has 1 N–H and O–H groups in total. The lowest BCUT2D eigenvalue weighted by Gasteiger charge is -2.22. The number of aliphatic hydroxyl groups excluding tert-OH is 1. The molecule has 0 saturated heterocycles. The van der Waals surface area contributed by atoms with Crippen LogP contribution in [0, 0.1) is 5.92 Å². The summed E-state index contributed by atoms with van der Waals surface area (Å²) in [6.07, 6.45) is 5.55. The number of hydrogen-bond acceptors (Lipinski definition) is 5. The van der Waals surface area contributed by atoms with Crippen molar-refractivity contribution in [3.63, 3.8) is 0 Å². The van der Waals surface area contributed by atoms with Gasteiger partial charge in [0, 0.05) is 37.9 Å². The van der Waals surface area contributed by atoms with Gasteiger partial charge in [0.2, 0.25) is 5.91 Å². The molecule has 4 rings (SSSR count). The van der Waals surface area contributed by atoms with Gasteiger partial charge in [-0.3, -0.25) is 9.59 Å². The predicted molar refractivity (Wildman–Crippen MR) is 149 cm³/mol. The quantitative estimate of drug-likeness (QED) is 0.296. The van der Waals surface area contributed by atoms with Gasteiger partial charge in [0.05, 0.1) is 30.0 Å². The topological polar surface area (TPSA) is 84.7 Å². The first-order chi connectivity index (χ1) is 18.5. The molecular formula is C31H33N3O4. The highest BCUT2D eigenvalue weighted by Gasteiger charge is 2.18. The van der Waals surface area contributed by atoms with Crippen molar-refractivity contribution >= 4 is 16.7 Å². The van der Waals surface area contributed by atoms with Crippen LogP contribution in [-0.2, 0) is 16.1 Å². The van der Waals surface area contributed by atoms with E-state index in [4.69, 9.17) is 4.74 Å². The SMILES string of the molecule is CO[C@@H](c1ccc(-n2ncc3ccccc3c2=O)cc1)[C@@H](C)/C=C/CC(=O)N(CCO)Cc1ccccc1. The van der Waals surface area contributed by atoms with Crippen LogP contribution in [-0.4, -0.2) is 46.0 Å². The van der Waals surface area contributed by atoms with E-state index in [2.05, 4.69) is 5.10 Å². The number of nitrogens with zero attached hydrogens (tertiary/aromatic N) is 3. The fraction of sp³-hybridized carbons (Fsp3) is 0.258. The minimum atomic E-state index is -0.227. The van der Waals surface area contributed by atoms with Crippen LogP contribution in [0.25, 0.3) is 16.5 Å². The Morgan fingerprint density at radius 2 is 1.76 bits per heavy atom. The molecule has 0 aliphatic carbocycles. The van der Waals surface area contributed by atoms with Crippen molar-refractivity contribution in [3.05, 3.63) is 119 Å². The Balaban J connectivity index is 1.42. The van der Waals surface area contributed by atoms with Gasteiger partial charge in [-0.1, -0.05) is 79.7 Å². The van der Waals surface area contributed by atoms with Crippen molar-refractivity contribution in [3.8, 4) is 5.69 Å². The number of amides is 1. The van der Waals surface area contributed by atoms with Crippen molar-refractivity contribution in [2.45, 2.75) is 26.0 Å². The summed E-state index contributed by atoms with van der Waals surface area (Å²) in [7, 11) is 1.66. The van der Waals surface area contributed by atoms with Crippen LogP contribution in [0.4, 0.5) is 0 Å². The molecule has 0 radical (unpaired) electrons. The van der Waals surface area contributed by atoms with Crippen molar-refractivity contribution in [1.29, 1.82) is 0 Å². The van der Waals surface area contributed by atoms with E-state index in [0.717, 1.165) is 16.5 Å². The number of benzene rings is 3. The van der Waals surface area contributed by atoms with E-state index < -0.39 is 0 Å². The van der Waals surface area contributed by atoms with Crippen LogP contribution < -0.4 is 5.56 Å². The highest BCUT2D eigenvalue weighted by molar-refractivity contribution is 5.80. The van der Waals surface area contributed by atoms with Gasteiger partial charge in [-0.05, 0) is 29.3 Å².